The molecule has 1 aliphatic carbocycles. The molecule has 0 bridgehead atoms. The molecule has 156 valence electrons. The van der Waals surface area contributed by atoms with Crippen LogP contribution in [0.15, 0.2) is 30.3 Å². The van der Waals surface area contributed by atoms with Crippen molar-refractivity contribution in [1.82, 2.24) is 0 Å². The predicted octanol–water partition coefficient (Wildman–Crippen LogP) is 2.63. The Morgan fingerprint density at radius 3 is 2.54 bits per heavy atom. The summed E-state index contributed by atoms with van der Waals surface area (Å²) in [6.07, 6.45) is 3.70. The van der Waals surface area contributed by atoms with Gasteiger partial charge >= 0.3 is 0 Å². The number of thioether (sulfide) groups is 1. The first-order valence-corrected chi connectivity index (χ1v) is 11.3. The summed E-state index contributed by atoms with van der Waals surface area (Å²) in [6.45, 7) is 0.359. The number of rotatable bonds is 4. The maximum atomic E-state index is 11.8. The molecule has 0 amide bonds. The van der Waals surface area contributed by atoms with Crippen LogP contribution in [0.4, 0.5) is 0 Å². The first-order chi connectivity index (χ1) is 13.5. The van der Waals surface area contributed by atoms with Crippen molar-refractivity contribution in [2.24, 2.45) is 0 Å². The Morgan fingerprint density at radius 2 is 1.89 bits per heavy atom. The van der Waals surface area contributed by atoms with Gasteiger partial charge in [0.15, 0.2) is 11.4 Å². The molecule has 3 aliphatic rings. The van der Waals surface area contributed by atoms with Gasteiger partial charge in [-0.25, -0.2) is 0 Å². The van der Waals surface area contributed by atoms with Gasteiger partial charge < -0.3 is 29.2 Å². The molecule has 1 aromatic carbocycles. The van der Waals surface area contributed by atoms with E-state index >= 15 is 0 Å². The molecule has 2 N–H and O–H groups in total. The van der Waals surface area contributed by atoms with Crippen LogP contribution in [0.1, 0.15) is 43.8 Å². The molecule has 3 fully saturated rings. The van der Waals surface area contributed by atoms with Crippen molar-refractivity contribution in [1.29, 1.82) is 0 Å². The fourth-order valence-electron chi connectivity index (χ4n) is 4.84. The number of benzene rings is 1. The zero-order valence-electron chi connectivity index (χ0n) is 16.5. The minimum Gasteiger partial charge on any atom is -0.387 e. The average molecular weight is 411 g/mol. The van der Waals surface area contributed by atoms with Crippen LogP contribution < -0.4 is 0 Å². The number of aliphatic hydroxyl groups excluding tert-OH is 1. The lowest BCUT2D eigenvalue weighted by Gasteiger charge is -2.56. The number of hydrogen-bond acceptors (Lipinski definition) is 7. The van der Waals surface area contributed by atoms with Crippen LogP contribution in [-0.4, -0.2) is 65.3 Å². The third-order valence-corrected chi connectivity index (χ3v) is 7.19. The minimum absolute atomic E-state index is 0.359. The van der Waals surface area contributed by atoms with Gasteiger partial charge in [-0.2, -0.15) is 0 Å². The maximum absolute atomic E-state index is 11.8. The van der Waals surface area contributed by atoms with Gasteiger partial charge in [0.25, 0.3) is 0 Å². The minimum atomic E-state index is -1.66. The molecular weight excluding hydrogens is 380 g/mol. The summed E-state index contributed by atoms with van der Waals surface area (Å²) in [5.74, 6) is -0.674. The topological polar surface area (TPSA) is 77.4 Å². The quantitative estimate of drug-likeness (QED) is 0.790. The van der Waals surface area contributed by atoms with Gasteiger partial charge in [0, 0.05) is 20.0 Å². The standard InChI is InChI=1S/C21H30O6S/c1-24-18(14-9-5-3-6-10-14)21(23)17(22)16-15(26-19(21)28-2)13-25-20(27-16)11-7-4-8-12-20/h3,5-6,9-10,15-19,22-23H,4,7-8,11-13H2,1-2H3/t15?,16-,17+,18?,19+,21?/m1/s1. The highest BCUT2D eigenvalue weighted by Gasteiger charge is 2.62. The van der Waals surface area contributed by atoms with Crippen LogP contribution in [0.3, 0.4) is 0 Å². The van der Waals surface area contributed by atoms with Crippen LogP contribution >= 0.6 is 11.8 Å². The largest absolute Gasteiger partial charge is 0.387 e. The van der Waals surface area contributed by atoms with Gasteiger partial charge in [-0.3, -0.25) is 0 Å². The molecule has 1 spiro atoms. The molecular formula is C21H30O6S. The molecule has 28 heavy (non-hydrogen) atoms. The first-order valence-electron chi connectivity index (χ1n) is 10.0. The van der Waals surface area contributed by atoms with Crippen LogP contribution in [-0.2, 0) is 18.9 Å². The zero-order chi connectivity index (χ0) is 19.8. The summed E-state index contributed by atoms with van der Waals surface area (Å²) in [6, 6.07) is 9.45. The Balaban J connectivity index is 1.66. The van der Waals surface area contributed by atoms with E-state index in [2.05, 4.69) is 0 Å². The Kier molecular flexibility index (Phi) is 6.05. The van der Waals surface area contributed by atoms with Crippen LogP contribution in [0.25, 0.3) is 0 Å². The molecule has 6 nitrogen and oxygen atoms in total. The number of fused-ring (bicyclic) bond motifs is 1. The summed E-state index contributed by atoms with van der Waals surface area (Å²) in [5, 5.41) is 23.2. The van der Waals surface area contributed by atoms with E-state index < -0.39 is 41.2 Å². The Morgan fingerprint density at radius 1 is 1.18 bits per heavy atom. The van der Waals surface area contributed by atoms with E-state index in [0.29, 0.717) is 6.61 Å². The molecule has 6 atom stereocenters. The average Bonchev–Trinajstić information content (AvgIpc) is 2.73. The normalized spacial score (nSPS) is 38.7. The summed E-state index contributed by atoms with van der Waals surface area (Å²) < 4.78 is 24.3. The summed E-state index contributed by atoms with van der Waals surface area (Å²) in [5.41, 5.74) is -1.56. The van der Waals surface area contributed by atoms with E-state index in [9.17, 15) is 10.2 Å². The second kappa shape index (κ2) is 8.22. The lowest BCUT2D eigenvalue weighted by molar-refractivity contribution is -0.388. The molecule has 0 radical (unpaired) electrons. The summed E-state index contributed by atoms with van der Waals surface area (Å²) in [4.78, 5) is 0. The number of aliphatic hydroxyl groups is 2. The Bertz CT molecular complexity index is 652. The third kappa shape index (κ3) is 3.41. The van der Waals surface area contributed by atoms with Crippen molar-refractivity contribution in [3.63, 3.8) is 0 Å². The smallest absolute Gasteiger partial charge is 0.169 e. The second-order valence-electron chi connectivity index (χ2n) is 7.97. The highest BCUT2D eigenvalue weighted by atomic mass is 32.2. The van der Waals surface area contributed by atoms with Crippen molar-refractivity contribution in [2.75, 3.05) is 20.0 Å². The third-order valence-electron chi connectivity index (χ3n) is 6.28. The van der Waals surface area contributed by atoms with E-state index in [1.54, 1.807) is 7.11 Å². The number of ether oxygens (including phenoxy) is 4. The van der Waals surface area contributed by atoms with Gasteiger partial charge in [-0.1, -0.05) is 36.8 Å². The van der Waals surface area contributed by atoms with Crippen molar-refractivity contribution in [3.05, 3.63) is 35.9 Å². The van der Waals surface area contributed by atoms with E-state index in [4.69, 9.17) is 18.9 Å². The number of hydrogen-bond donors (Lipinski definition) is 2. The predicted molar refractivity (Wildman–Crippen MR) is 106 cm³/mol. The molecule has 4 rings (SSSR count). The lowest BCUT2D eigenvalue weighted by atomic mass is 9.79. The van der Waals surface area contributed by atoms with Crippen molar-refractivity contribution < 1.29 is 29.2 Å². The van der Waals surface area contributed by atoms with Crippen LogP contribution in [0, 0.1) is 0 Å². The lowest BCUT2D eigenvalue weighted by Crippen LogP contribution is -2.71. The van der Waals surface area contributed by atoms with Crippen LogP contribution in [0.5, 0.6) is 0 Å². The maximum Gasteiger partial charge on any atom is 0.169 e. The Hall–Kier alpha value is -0.670. The summed E-state index contributed by atoms with van der Waals surface area (Å²) in [7, 11) is 1.54. The molecule has 7 heteroatoms. The van der Waals surface area contributed by atoms with Gasteiger partial charge in [0.05, 0.1) is 6.61 Å². The molecule has 1 saturated carbocycles. The highest BCUT2D eigenvalue weighted by Crippen LogP contribution is 2.48. The fraction of sp³-hybridized carbons (Fsp3) is 0.714. The van der Waals surface area contributed by atoms with E-state index in [1.807, 2.05) is 36.6 Å². The second-order valence-corrected chi connectivity index (χ2v) is 8.87. The fourth-order valence-corrected chi connectivity index (χ4v) is 5.73. The molecule has 2 saturated heterocycles. The van der Waals surface area contributed by atoms with Gasteiger partial charge in [0.1, 0.15) is 29.9 Å². The molecule has 3 unspecified atom stereocenters. The van der Waals surface area contributed by atoms with Crippen molar-refractivity contribution in [2.45, 2.75) is 73.3 Å². The molecule has 0 aromatic heterocycles. The van der Waals surface area contributed by atoms with Gasteiger partial charge in [-0.05, 0) is 24.7 Å². The first kappa shape index (κ1) is 20.6. The van der Waals surface area contributed by atoms with Crippen molar-refractivity contribution >= 4 is 11.8 Å². The SMILES string of the molecule is COC(c1ccccc1)C1(O)[C@H](SC)OC2COC3(CCCCC3)O[C@H]2[C@@H]1O. The monoisotopic (exact) mass is 410 g/mol. The number of methoxy groups -OCH3 is 1. The zero-order valence-corrected chi connectivity index (χ0v) is 17.3. The highest BCUT2D eigenvalue weighted by molar-refractivity contribution is 7.99. The van der Waals surface area contributed by atoms with Gasteiger partial charge in [0.2, 0.25) is 0 Å². The summed E-state index contributed by atoms with van der Waals surface area (Å²) >= 11 is 1.35. The molecule has 1 aromatic rings. The van der Waals surface area contributed by atoms with Gasteiger partial charge in [-0.15, -0.1) is 11.8 Å². The Labute approximate surface area is 170 Å². The van der Waals surface area contributed by atoms with E-state index in [0.717, 1.165) is 31.2 Å². The van der Waals surface area contributed by atoms with Crippen LogP contribution in [0.2, 0.25) is 0 Å². The van der Waals surface area contributed by atoms with E-state index in [1.165, 1.54) is 18.2 Å². The molecule has 2 heterocycles. The van der Waals surface area contributed by atoms with E-state index in [-0.39, 0.29) is 0 Å². The van der Waals surface area contributed by atoms with Crippen molar-refractivity contribution in [3.8, 4) is 0 Å². The molecule has 2 aliphatic heterocycles.